The van der Waals surface area contributed by atoms with Crippen molar-refractivity contribution in [3.05, 3.63) is 115 Å². The molecule has 0 fully saturated rings. The van der Waals surface area contributed by atoms with Gasteiger partial charge in [-0.1, -0.05) is 90.7 Å². The molecule has 0 spiro atoms. The first-order chi connectivity index (χ1) is 16.7. The van der Waals surface area contributed by atoms with Gasteiger partial charge in [0.2, 0.25) is 0 Å². The summed E-state index contributed by atoms with van der Waals surface area (Å²) in [6, 6.07) is 37.3. The van der Waals surface area contributed by atoms with E-state index in [4.69, 9.17) is 21.3 Å². The van der Waals surface area contributed by atoms with Gasteiger partial charge in [0.25, 0.3) is 0 Å². The lowest BCUT2D eigenvalue weighted by molar-refractivity contribution is 0.466. The molecule has 2 nitrogen and oxygen atoms in total. The van der Waals surface area contributed by atoms with Gasteiger partial charge >= 0.3 is 0 Å². The molecular weight excluding hydrogens is 455 g/mol. The quantitative estimate of drug-likeness (QED) is 0.252. The van der Waals surface area contributed by atoms with Gasteiger partial charge in [-0.05, 0) is 58.7 Å². The first-order valence-corrected chi connectivity index (χ1v) is 14.0. The zero-order valence-corrected chi connectivity index (χ0v) is 19.9. The Balaban J connectivity index is 1.45. The third-order valence-corrected chi connectivity index (χ3v) is 11.4. The monoisotopic (exact) mass is 474 g/mol. The molecule has 162 valence electrons. The van der Waals surface area contributed by atoms with Crippen LogP contribution in [0.4, 0.5) is 0 Å². The van der Waals surface area contributed by atoms with Crippen molar-refractivity contribution in [3.8, 4) is 45.3 Å². The topological polar surface area (TPSA) is 18.5 Å². The molecule has 5 aromatic carbocycles. The Bertz CT molecular complexity index is 1510. The van der Waals surface area contributed by atoms with E-state index in [1.165, 1.54) is 0 Å². The molecule has 7 rings (SSSR count). The Kier molecular flexibility index (Phi) is 4.32. The zero-order chi connectivity index (χ0) is 22.7. The van der Waals surface area contributed by atoms with E-state index in [9.17, 15) is 0 Å². The molecule has 34 heavy (non-hydrogen) atoms. The SMILES string of the molecule is S=P12c3ccc(-c4ccccc4)cc3Oc3cccc(c31)Oc1cc(-c3ccccc3)ccc12. The number of fused-ring (bicyclic) bond motifs is 4. The lowest BCUT2D eigenvalue weighted by Gasteiger charge is -2.37. The lowest BCUT2D eigenvalue weighted by atomic mass is 10.1. The summed E-state index contributed by atoms with van der Waals surface area (Å²) in [6.07, 6.45) is 0. The van der Waals surface area contributed by atoms with E-state index in [1.807, 2.05) is 30.3 Å². The highest BCUT2D eigenvalue weighted by molar-refractivity contribution is 8.26. The summed E-state index contributed by atoms with van der Waals surface area (Å²) < 4.78 is 12.9. The molecule has 4 heteroatoms. The predicted octanol–water partition coefficient (Wildman–Crippen LogP) is 6.99. The van der Waals surface area contributed by atoms with Crippen molar-refractivity contribution in [2.45, 2.75) is 0 Å². The molecule has 0 N–H and O–H groups in total. The second kappa shape index (κ2) is 7.43. The van der Waals surface area contributed by atoms with Crippen LogP contribution in [0.2, 0.25) is 0 Å². The summed E-state index contributed by atoms with van der Waals surface area (Å²) in [5.74, 6) is 3.29. The fourth-order valence-corrected chi connectivity index (χ4v) is 9.37. The molecule has 0 radical (unpaired) electrons. The van der Waals surface area contributed by atoms with E-state index in [1.54, 1.807) is 0 Å². The molecule has 2 aliphatic rings. The molecule has 0 saturated heterocycles. The molecule has 2 aliphatic heterocycles. The first-order valence-electron chi connectivity index (χ1n) is 11.2. The summed E-state index contributed by atoms with van der Waals surface area (Å²) in [5, 5.41) is 3.18. The van der Waals surface area contributed by atoms with E-state index in [0.29, 0.717) is 0 Å². The highest BCUT2D eigenvalue weighted by Gasteiger charge is 2.42. The van der Waals surface area contributed by atoms with Crippen LogP contribution in [0.3, 0.4) is 0 Å². The van der Waals surface area contributed by atoms with Crippen molar-refractivity contribution in [2.75, 3.05) is 0 Å². The Labute approximate surface area is 203 Å². The van der Waals surface area contributed by atoms with Crippen LogP contribution in [0.15, 0.2) is 115 Å². The van der Waals surface area contributed by atoms with Gasteiger partial charge in [-0.15, -0.1) is 0 Å². The lowest BCUT2D eigenvalue weighted by Crippen LogP contribution is -2.34. The van der Waals surface area contributed by atoms with Gasteiger partial charge in [-0.25, -0.2) is 0 Å². The normalized spacial score (nSPS) is 14.1. The maximum absolute atomic E-state index is 6.63. The summed E-state index contributed by atoms with van der Waals surface area (Å²) in [7, 11) is 0. The Morgan fingerprint density at radius 2 is 0.912 bits per heavy atom. The fourth-order valence-electron chi connectivity index (χ4n) is 4.92. The standard InChI is InChI=1S/C30H19O2PS/c34-33-28-16-14-22(20-8-3-1-4-9-20)18-26(28)31-24-12-7-13-25(30(24)33)32-27-19-23(15-17-29(27)33)21-10-5-2-6-11-21/h1-19H. The second-order valence-corrected chi connectivity index (χ2v) is 12.8. The minimum Gasteiger partial charge on any atom is -0.456 e. The summed E-state index contributed by atoms with van der Waals surface area (Å²) in [5.41, 5.74) is 4.55. The van der Waals surface area contributed by atoms with Crippen LogP contribution in [0.1, 0.15) is 0 Å². The molecule has 0 saturated carbocycles. The third-order valence-electron chi connectivity index (χ3n) is 6.53. The van der Waals surface area contributed by atoms with Crippen molar-refractivity contribution < 1.29 is 9.47 Å². The van der Waals surface area contributed by atoms with Gasteiger partial charge in [0.05, 0.1) is 11.3 Å². The van der Waals surface area contributed by atoms with E-state index in [2.05, 4.69) is 84.9 Å². The molecule has 2 heterocycles. The van der Waals surface area contributed by atoms with Gasteiger partial charge in [-0.3, -0.25) is 0 Å². The summed E-state index contributed by atoms with van der Waals surface area (Å²) in [6.45, 7) is 0. The average molecular weight is 475 g/mol. The molecule has 0 amide bonds. The second-order valence-electron chi connectivity index (χ2n) is 8.51. The van der Waals surface area contributed by atoms with Crippen LogP contribution < -0.4 is 25.4 Å². The number of ether oxygens (including phenoxy) is 2. The van der Waals surface area contributed by atoms with Crippen molar-refractivity contribution in [1.82, 2.24) is 0 Å². The number of hydrogen-bond donors (Lipinski definition) is 0. The van der Waals surface area contributed by atoms with E-state index >= 15 is 0 Å². The molecule has 0 bridgehead atoms. The Hall–Kier alpha value is -3.65. The summed E-state index contributed by atoms with van der Waals surface area (Å²) in [4.78, 5) is 0. The average Bonchev–Trinajstić information content (AvgIpc) is 2.89. The van der Waals surface area contributed by atoms with Crippen molar-refractivity contribution in [3.63, 3.8) is 0 Å². The molecule has 0 atom stereocenters. The van der Waals surface area contributed by atoms with Crippen molar-refractivity contribution in [2.24, 2.45) is 0 Å². The predicted molar refractivity (Wildman–Crippen MR) is 144 cm³/mol. The van der Waals surface area contributed by atoms with Gasteiger partial charge in [0.15, 0.2) is 0 Å². The van der Waals surface area contributed by atoms with Gasteiger partial charge in [0, 0.05) is 10.6 Å². The van der Waals surface area contributed by atoms with Gasteiger partial charge in [-0.2, -0.15) is 0 Å². The van der Waals surface area contributed by atoms with Crippen LogP contribution in [0.25, 0.3) is 22.3 Å². The minimum atomic E-state index is -2.35. The molecular formula is C30H19O2PS. The van der Waals surface area contributed by atoms with Crippen LogP contribution in [0, 0.1) is 0 Å². The van der Waals surface area contributed by atoms with Crippen LogP contribution in [-0.2, 0) is 11.8 Å². The van der Waals surface area contributed by atoms with E-state index < -0.39 is 6.04 Å². The number of hydrogen-bond acceptors (Lipinski definition) is 3. The summed E-state index contributed by atoms with van der Waals surface area (Å²) >= 11 is 6.63. The van der Waals surface area contributed by atoms with Crippen molar-refractivity contribution in [1.29, 1.82) is 0 Å². The van der Waals surface area contributed by atoms with Gasteiger partial charge in [0.1, 0.15) is 23.0 Å². The molecule has 5 aromatic rings. The van der Waals surface area contributed by atoms with Crippen LogP contribution in [-0.4, -0.2) is 0 Å². The van der Waals surface area contributed by atoms with E-state index in [-0.39, 0.29) is 0 Å². The van der Waals surface area contributed by atoms with Gasteiger partial charge < -0.3 is 9.47 Å². The largest absolute Gasteiger partial charge is 0.456 e. The highest BCUT2D eigenvalue weighted by Crippen LogP contribution is 2.59. The zero-order valence-electron chi connectivity index (χ0n) is 18.1. The van der Waals surface area contributed by atoms with Crippen LogP contribution >= 0.6 is 6.04 Å². The fraction of sp³-hybridized carbons (Fsp3) is 0. The Morgan fingerprint density at radius 3 is 1.38 bits per heavy atom. The minimum absolute atomic E-state index is 0.802. The third kappa shape index (κ3) is 2.84. The highest BCUT2D eigenvalue weighted by atomic mass is 32.4. The van der Waals surface area contributed by atoms with Crippen LogP contribution in [0.5, 0.6) is 23.0 Å². The number of benzene rings is 5. The maximum Gasteiger partial charge on any atom is 0.140 e. The molecule has 0 aliphatic carbocycles. The molecule has 0 unspecified atom stereocenters. The maximum atomic E-state index is 6.63. The van der Waals surface area contributed by atoms with Crippen molar-refractivity contribution >= 4 is 33.8 Å². The number of rotatable bonds is 2. The first kappa shape index (κ1) is 19.8. The molecule has 0 aromatic heterocycles. The Morgan fingerprint density at radius 1 is 0.441 bits per heavy atom. The van der Waals surface area contributed by atoms with E-state index in [0.717, 1.165) is 61.2 Å². The smallest absolute Gasteiger partial charge is 0.140 e.